The number of aryl methyl sites for hydroxylation is 1. The molecule has 1 atom stereocenters. The summed E-state index contributed by atoms with van der Waals surface area (Å²) >= 11 is 0. The first-order valence-corrected chi connectivity index (χ1v) is 9.60. The van der Waals surface area contributed by atoms with Crippen LogP contribution in [0.3, 0.4) is 0 Å². The van der Waals surface area contributed by atoms with Crippen molar-refractivity contribution in [2.45, 2.75) is 33.2 Å². The van der Waals surface area contributed by atoms with E-state index < -0.39 is 15.9 Å². The Morgan fingerprint density at radius 1 is 1.21 bits per heavy atom. The number of hydrogen-bond donors (Lipinski definition) is 2. The Labute approximate surface area is 145 Å². The third-order valence-electron chi connectivity index (χ3n) is 4.15. The van der Waals surface area contributed by atoms with E-state index in [0.717, 1.165) is 5.56 Å². The van der Waals surface area contributed by atoms with E-state index in [1.807, 2.05) is 51.9 Å². The normalized spacial score (nSPS) is 13.6. The van der Waals surface area contributed by atoms with Crippen molar-refractivity contribution in [3.05, 3.63) is 29.8 Å². The van der Waals surface area contributed by atoms with Crippen LogP contribution >= 0.6 is 0 Å². The molecule has 1 rings (SSSR count). The molecule has 1 amide bonds. The van der Waals surface area contributed by atoms with Gasteiger partial charge in [-0.2, -0.15) is 0 Å². The Bertz CT molecular complexity index is 652. The predicted molar refractivity (Wildman–Crippen MR) is 98.5 cm³/mol. The fraction of sp³-hybridized carbons (Fsp3) is 0.588. The minimum absolute atomic E-state index is 0.200. The van der Waals surface area contributed by atoms with Gasteiger partial charge in [0.05, 0.1) is 11.7 Å². The molecule has 0 radical (unpaired) electrons. The van der Waals surface area contributed by atoms with E-state index in [0.29, 0.717) is 12.2 Å². The van der Waals surface area contributed by atoms with E-state index in [1.165, 1.54) is 0 Å². The highest BCUT2D eigenvalue weighted by atomic mass is 32.2. The molecular weight excluding hydrogens is 326 g/mol. The lowest BCUT2D eigenvalue weighted by molar-refractivity contribution is -0.124. The molecule has 24 heavy (non-hydrogen) atoms. The van der Waals surface area contributed by atoms with Gasteiger partial charge >= 0.3 is 0 Å². The second-order valence-corrected chi connectivity index (χ2v) is 8.84. The number of anilines is 1. The number of benzene rings is 1. The average Bonchev–Trinajstić information content (AvgIpc) is 2.46. The Hall–Kier alpha value is -1.60. The monoisotopic (exact) mass is 355 g/mol. The molecule has 0 aromatic heterocycles. The van der Waals surface area contributed by atoms with E-state index in [2.05, 4.69) is 10.0 Å². The highest BCUT2D eigenvalue weighted by Crippen LogP contribution is 2.13. The summed E-state index contributed by atoms with van der Waals surface area (Å²) in [5, 5.41) is 2.83. The second kappa shape index (κ2) is 7.98. The van der Waals surface area contributed by atoms with Crippen LogP contribution in [0.25, 0.3) is 0 Å². The molecule has 1 aromatic carbocycles. The highest BCUT2D eigenvalue weighted by molar-refractivity contribution is 7.92. The average molecular weight is 356 g/mol. The number of likely N-dealkylation sites (N-methyl/N-ethyl adjacent to an activating group) is 1. The van der Waals surface area contributed by atoms with Gasteiger partial charge < -0.3 is 10.2 Å². The van der Waals surface area contributed by atoms with Crippen molar-refractivity contribution in [3.8, 4) is 0 Å². The summed E-state index contributed by atoms with van der Waals surface area (Å²) in [4.78, 5) is 14.2. The van der Waals surface area contributed by atoms with Crippen molar-refractivity contribution in [2.24, 2.45) is 5.92 Å². The van der Waals surface area contributed by atoms with Crippen LogP contribution in [0, 0.1) is 12.8 Å². The number of hydrogen-bond acceptors (Lipinski definition) is 4. The lowest BCUT2D eigenvalue weighted by Crippen LogP contribution is -2.49. The smallest absolute Gasteiger partial charge is 0.233 e. The minimum Gasteiger partial charge on any atom is -0.354 e. The molecule has 136 valence electrons. The van der Waals surface area contributed by atoms with Crippen LogP contribution < -0.4 is 10.0 Å². The zero-order valence-electron chi connectivity index (χ0n) is 15.4. The predicted octanol–water partition coefficient (Wildman–Crippen LogP) is 1.83. The van der Waals surface area contributed by atoms with Crippen LogP contribution in [-0.4, -0.2) is 51.2 Å². The number of nitrogens with one attached hydrogen (secondary N) is 2. The van der Waals surface area contributed by atoms with Crippen molar-refractivity contribution in [1.29, 1.82) is 0 Å². The van der Waals surface area contributed by atoms with E-state index in [9.17, 15) is 13.2 Å². The molecule has 7 heteroatoms. The molecule has 1 unspecified atom stereocenters. The summed E-state index contributed by atoms with van der Waals surface area (Å²) in [6, 6.07) is 7.07. The summed E-state index contributed by atoms with van der Waals surface area (Å²) in [6.07, 6.45) is 0. The molecule has 6 nitrogen and oxygen atoms in total. The van der Waals surface area contributed by atoms with Gasteiger partial charge in [0.15, 0.2) is 0 Å². The lowest BCUT2D eigenvalue weighted by atomic mass is 10.0. The highest BCUT2D eigenvalue weighted by Gasteiger charge is 2.25. The van der Waals surface area contributed by atoms with E-state index in [1.54, 1.807) is 19.1 Å². The van der Waals surface area contributed by atoms with Crippen molar-refractivity contribution in [3.63, 3.8) is 0 Å². The van der Waals surface area contributed by atoms with Crippen LogP contribution in [0.5, 0.6) is 0 Å². The summed E-state index contributed by atoms with van der Waals surface area (Å²) in [5.41, 5.74) is 1.35. The zero-order chi connectivity index (χ0) is 18.5. The lowest BCUT2D eigenvalue weighted by Gasteiger charge is -2.33. The summed E-state index contributed by atoms with van der Waals surface area (Å²) in [6.45, 7) is 8.02. The summed E-state index contributed by atoms with van der Waals surface area (Å²) in [5.74, 6) is -1.15. The number of carbonyl (C=O) groups is 1. The molecule has 0 bridgehead atoms. The maximum atomic E-state index is 12.2. The molecule has 0 spiro atoms. The maximum Gasteiger partial charge on any atom is 0.233 e. The minimum atomic E-state index is -3.58. The van der Waals surface area contributed by atoms with Gasteiger partial charge in [-0.15, -0.1) is 0 Å². The van der Waals surface area contributed by atoms with Gasteiger partial charge in [0.2, 0.25) is 15.9 Å². The number of carbonyl (C=O) groups excluding carboxylic acids is 1. The van der Waals surface area contributed by atoms with Crippen LogP contribution in [0.1, 0.15) is 26.3 Å². The van der Waals surface area contributed by atoms with E-state index in [4.69, 9.17) is 0 Å². The fourth-order valence-corrected chi connectivity index (χ4v) is 3.27. The van der Waals surface area contributed by atoms with Gasteiger partial charge in [0, 0.05) is 17.8 Å². The molecule has 0 saturated carbocycles. The topological polar surface area (TPSA) is 78.5 Å². The third-order valence-corrected chi connectivity index (χ3v) is 5.63. The Morgan fingerprint density at radius 2 is 1.75 bits per heavy atom. The van der Waals surface area contributed by atoms with E-state index in [-0.39, 0.29) is 17.2 Å². The van der Waals surface area contributed by atoms with Gasteiger partial charge in [-0.3, -0.25) is 9.52 Å². The van der Waals surface area contributed by atoms with Crippen molar-refractivity contribution in [2.75, 3.05) is 31.1 Å². The molecule has 0 aliphatic carbocycles. The van der Waals surface area contributed by atoms with E-state index >= 15 is 0 Å². The molecule has 0 heterocycles. The van der Waals surface area contributed by atoms with Crippen LogP contribution in [-0.2, 0) is 14.8 Å². The number of amides is 1. The largest absolute Gasteiger partial charge is 0.354 e. The Balaban J connectivity index is 2.60. The number of nitrogens with zero attached hydrogens (tertiary/aromatic N) is 1. The SMILES string of the molecule is Cc1ccc(NS(=O)(=O)CC(C)C(=O)NCC(C)(C)N(C)C)cc1. The molecule has 2 N–H and O–H groups in total. The summed E-state index contributed by atoms with van der Waals surface area (Å²) < 4.78 is 26.9. The Kier molecular flexibility index (Phi) is 6.80. The van der Waals surface area contributed by atoms with Crippen LogP contribution in [0.2, 0.25) is 0 Å². The standard InChI is InChI=1S/C17H29N3O3S/c1-13-7-9-15(10-8-13)19-24(22,23)11-14(2)16(21)18-12-17(3,4)20(5)6/h7-10,14,19H,11-12H2,1-6H3,(H,18,21). The first-order valence-electron chi connectivity index (χ1n) is 7.95. The van der Waals surface area contributed by atoms with Gasteiger partial charge in [-0.05, 0) is 47.0 Å². The molecule has 0 fully saturated rings. The molecule has 1 aromatic rings. The zero-order valence-corrected chi connectivity index (χ0v) is 16.2. The fourth-order valence-electron chi connectivity index (χ4n) is 1.88. The quantitative estimate of drug-likeness (QED) is 0.746. The van der Waals surface area contributed by atoms with Crippen molar-refractivity contribution < 1.29 is 13.2 Å². The van der Waals surface area contributed by atoms with Gasteiger partial charge in [-0.1, -0.05) is 24.6 Å². The number of sulfonamides is 1. The van der Waals surface area contributed by atoms with Crippen molar-refractivity contribution in [1.82, 2.24) is 10.2 Å². The molecule has 0 aliphatic heterocycles. The third kappa shape index (κ3) is 6.49. The maximum absolute atomic E-state index is 12.2. The first kappa shape index (κ1) is 20.4. The van der Waals surface area contributed by atoms with Crippen molar-refractivity contribution >= 4 is 21.6 Å². The first-order chi connectivity index (χ1) is 10.9. The Morgan fingerprint density at radius 3 is 2.25 bits per heavy atom. The molecule has 0 aliphatic rings. The van der Waals surface area contributed by atoms with Gasteiger partial charge in [0.1, 0.15) is 0 Å². The summed E-state index contributed by atoms with van der Waals surface area (Å²) in [7, 11) is 0.289. The second-order valence-electron chi connectivity index (χ2n) is 7.08. The molecular formula is C17H29N3O3S. The van der Waals surface area contributed by atoms with Gasteiger partial charge in [0.25, 0.3) is 0 Å². The van der Waals surface area contributed by atoms with Crippen LogP contribution in [0.4, 0.5) is 5.69 Å². The van der Waals surface area contributed by atoms with Gasteiger partial charge in [-0.25, -0.2) is 8.42 Å². The number of rotatable bonds is 8. The molecule has 0 saturated heterocycles. The van der Waals surface area contributed by atoms with Crippen LogP contribution in [0.15, 0.2) is 24.3 Å².